The zero-order valence-electron chi connectivity index (χ0n) is 36.8. The number of hydrogen-bond acceptors (Lipinski definition) is 4. The Bertz CT molecular complexity index is 3970. The maximum Gasteiger partial charge on any atom is 0.164 e. The molecule has 0 saturated carbocycles. The standard InChI is InChI=1S/C64H39N3O/c1-2-19-41(20-3-1)61-65-62(51-29-16-21-40-18-4-5-22-42(40)51)67-63(66-61)52-39-38-48(45-25-8-9-26-46(45)52)47-36-37-49(44-24-7-6-23-43(44)47)50-28-17-33-57-60(50)53-27-10-11-30-54(53)64(57)55-31-12-14-34-58(55)68-59-35-15-13-32-56(59)64/h1-39H. The third kappa shape index (κ3) is 5.58. The molecule has 1 aliphatic carbocycles. The lowest BCUT2D eigenvalue weighted by molar-refractivity contribution is 0.436. The highest BCUT2D eigenvalue weighted by molar-refractivity contribution is 6.13. The third-order valence-corrected chi connectivity index (χ3v) is 14.2. The van der Waals surface area contributed by atoms with Crippen molar-refractivity contribution < 1.29 is 4.74 Å². The summed E-state index contributed by atoms with van der Waals surface area (Å²) in [7, 11) is 0. The summed E-state index contributed by atoms with van der Waals surface area (Å²) in [4.78, 5) is 15.6. The van der Waals surface area contributed by atoms with Crippen LogP contribution in [0.25, 0.3) is 99.9 Å². The largest absolute Gasteiger partial charge is 0.457 e. The summed E-state index contributed by atoms with van der Waals surface area (Å²) in [6, 6.07) is 84.6. The van der Waals surface area contributed by atoms with Gasteiger partial charge in [0.05, 0.1) is 5.41 Å². The van der Waals surface area contributed by atoms with E-state index in [0.717, 1.165) is 66.4 Å². The zero-order valence-corrected chi connectivity index (χ0v) is 36.8. The fraction of sp³-hybridized carbons (Fsp3) is 0.0156. The molecule has 0 amide bonds. The van der Waals surface area contributed by atoms with E-state index in [1.54, 1.807) is 0 Å². The molecule has 2 aliphatic rings. The maximum atomic E-state index is 6.64. The maximum absolute atomic E-state index is 6.64. The van der Waals surface area contributed by atoms with Crippen molar-refractivity contribution in [2.75, 3.05) is 0 Å². The van der Waals surface area contributed by atoms with Crippen molar-refractivity contribution in [3.63, 3.8) is 0 Å². The Kier molecular flexibility index (Phi) is 8.46. The van der Waals surface area contributed by atoms with Gasteiger partial charge in [-0.2, -0.15) is 0 Å². The van der Waals surface area contributed by atoms with Crippen LogP contribution in [0.15, 0.2) is 237 Å². The second kappa shape index (κ2) is 15.0. The Balaban J connectivity index is 0.954. The molecule has 316 valence electrons. The third-order valence-electron chi connectivity index (χ3n) is 14.2. The smallest absolute Gasteiger partial charge is 0.164 e. The highest BCUT2D eigenvalue weighted by atomic mass is 16.5. The average Bonchev–Trinajstić information content (AvgIpc) is 3.71. The van der Waals surface area contributed by atoms with Gasteiger partial charge < -0.3 is 4.74 Å². The van der Waals surface area contributed by atoms with E-state index in [4.69, 9.17) is 19.7 Å². The predicted octanol–water partition coefficient (Wildman–Crippen LogP) is 16.1. The molecule has 0 saturated heterocycles. The van der Waals surface area contributed by atoms with Gasteiger partial charge in [-0.3, -0.25) is 0 Å². The SMILES string of the molecule is c1ccc(-c2nc(-c3cccc4ccccc34)nc(-c3ccc(-c4ccc(-c5cccc6c5-c5ccccc5C65c6ccccc6Oc6ccccc65)c5ccccc45)c4ccccc34)n2)cc1. The quantitative estimate of drug-likeness (QED) is 0.173. The monoisotopic (exact) mass is 865 g/mol. The van der Waals surface area contributed by atoms with Crippen molar-refractivity contribution in [3.8, 4) is 79.0 Å². The van der Waals surface area contributed by atoms with E-state index in [9.17, 15) is 0 Å². The first-order valence-corrected chi connectivity index (χ1v) is 23.2. The second-order valence-corrected chi connectivity index (χ2v) is 17.7. The molecule has 0 bridgehead atoms. The van der Waals surface area contributed by atoms with Gasteiger partial charge in [0.25, 0.3) is 0 Å². The number of nitrogens with zero attached hydrogens (tertiary/aromatic N) is 3. The van der Waals surface area contributed by atoms with E-state index in [0.29, 0.717) is 17.5 Å². The van der Waals surface area contributed by atoms with Crippen LogP contribution in [0.2, 0.25) is 0 Å². The number of ether oxygens (including phenoxy) is 1. The van der Waals surface area contributed by atoms with Crippen molar-refractivity contribution in [1.29, 1.82) is 0 Å². The van der Waals surface area contributed by atoms with Crippen LogP contribution in [-0.4, -0.2) is 15.0 Å². The molecule has 1 spiro atoms. The van der Waals surface area contributed by atoms with E-state index in [1.165, 1.54) is 49.7 Å². The van der Waals surface area contributed by atoms with Crippen LogP contribution < -0.4 is 4.74 Å². The molecule has 0 fully saturated rings. The number of para-hydroxylation sites is 2. The minimum absolute atomic E-state index is 0.542. The van der Waals surface area contributed by atoms with E-state index in [-0.39, 0.29) is 0 Å². The van der Waals surface area contributed by atoms with Gasteiger partial charge >= 0.3 is 0 Å². The minimum Gasteiger partial charge on any atom is -0.457 e. The summed E-state index contributed by atoms with van der Waals surface area (Å²) < 4.78 is 6.64. The van der Waals surface area contributed by atoms with Gasteiger partial charge in [-0.25, -0.2) is 15.0 Å². The number of fused-ring (bicyclic) bond motifs is 12. The Hall–Kier alpha value is -8.99. The van der Waals surface area contributed by atoms with Gasteiger partial charge in [0.2, 0.25) is 0 Å². The number of aromatic nitrogens is 3. The van der Waals surface area contributed by atoms with E-state index in [2.05, 4.69) is 218 Å². The topological polar surface area (TPSA) is 47.9 Å². The fourth-order valence-electron chi connectivity index (χ4n) is 11.4. The highest BCUT2D eigenvalue weighted by Crippen LogP contribution is 2.63. The molecular formula is C64H39N3O. The zero-order chi connectivity index (χ0) is 44.8. The summed E-state index contributed by atoms with van der Waals surface area (Å²) in [5, 5.41) is 6.83. The molecule has 1 aliphatic heterocycles. The van der Waals surface area contributed by atoms with Gasteiger partial charge in [0, 0.05) is 27.8 Å². The molecule has 68 heavy (non-hydrogen) atoms. The van der Waals surface area contributed by atoms with Gasteiger partial charge in [-0.1, -0.05) is 218 Å². The van der Waals surface area contributed by atoms with Crippen LogP contribution in [-0.2, 0) is 5.41 Å². The minimum atomic E-state index is -0.542. The second-order valence-electron chi connectivity index (χ2n) is 17.7. The molecule has 0 atom stereocenters. The molecule has 4 heteroatoms. The van der Waals surface area contributed by atoms with Crippen LogP contribution in [0.3, 0.4) is 0 Å². The van der Waals surface area contributed by atoms with Crippen molar-refractivity contribution in [2.45, 2.75) is 5.41 Å². The molecule has 1 aromatic heterocycles. The first kappa shape index (κ1) is 38.3. The van der Waals surface area contributed by atoms with E-state index in [1.807, 2.05) is 18.2 Å². The molecular weight excluding hydrogens is 827 g/mol. The molecule has 0 N–H and O–H groups in total. The molecule has 11 aromatic carbocycles. The number of hydrogen-bond donors (Lipinski definition) is 0. The summed E-state index contributed by atoms with van der Waals surface area (Å²) in [6.45, 7) is 0. The lowest BCUT2D eigenvalue weighted by Crippen LogP contribution is -2.32. The van der Waals surface area contributed by atoms with Gasteiger partial charge in [0.1, 0.15) is 11.5 Å². The Morgan fingerprint density at radius 1 is 0.265 bits per heavy atom. The molecule has 0 unspecified atom stereocenters. The summed E-state index contributed by atoms with van der Waals surface area (Å²) in [5.74, 6) is 3.70. The Morgan fingerprint density at radius 3 is 1.34 bits per heavy atom. The van der Waals surface area contributed by atoms with Gasteiger partial charge in [-0.15, -0.1) is 0 Å². The van der Waals surface area contributed by atoms with Crippen LogP contribution in [0, 0.1) is 0 Å². The van der Waals surface area contributed by atoms with Gasteiger partial charge in [-0.05, 0) is 95.0 Å². The Morgan fingerprint density at radius 2 is 0.676 bits per heavy atom. The number of rotatable bonds is 5. The van der Waals surface area contributed by atoms with Crippen LogP contribution in [0.5, 0.6) is 11.5 Å². The van der Waals surface area contributed by atoms with E-state index >= 15 is 0 Å². The molecule has 0 radical (unpaired) electrons. The van der Waals surface area contributed by atoms with Crippen LogP contribution in [0.4, 0.5) is 0 Å². The highest BCUT2D eigenvalue weighted by Gasteiger charge is 2.51. The van der Waals surface area contributed by atoms with Crippen molar-refractivity contribution in [1.82, 2.24) is 15.0 Å². The lowest BCUT2D eigenvalue weighted by Gasteiger charge is -2.39. The van der Waals surface area contributed by atoms with Gasteiger partial charge in [0.15, 0.2) is 17.5 Å². The first-order chi connectivity index (χ1) is 33.7. The fourth-order valence-corrected chi connectivity index (χ4v) is 11.4. The summed E-state index contributed by atoms with van der Waals surface area (Å²) in [6.07, 6.45) is 0. The van der Waals surface area contributed by atoms with E-state index < -0.39 is 5.41 Å². The molecule has 14 rings (SSSR count). The van der Waals surface area contributed by atoms with Crippen molar-refractivity contribution >= 4 is 32.3 Å². The van der Waals surface area contributed by atoms with Crippen LogP contribution in [0.1, 0.15) is 22.3 Å². The molecule has 4 nitrogen and oxygen atoms in total. The van der Waals surface area contributed by atoms with Crippen LogP contribution >= 0.6 is 0 Å². The normalized spacial score (nSPS) is 12.9. The van der Waals surface area contributed by atoms with Crippen molar-refractivity contribution in [2.24, 2.45) is 0 Å². The summed E-state index contributed by atoms with van der Waals surface area (Å²) >= 11 is 0. The summed E-state index contributed by atoms with van der Waals surface area (Å²) in [5.41, 5.74) is 14.4. The molecule has 2 heterocycles. The predicted molar refractivity (Wildman–Crippen MR) is 277 cm³/mol. The lowest BCUT2D eigenvalue weighted by atomic mass is 9.66. The molecule has 12 aromatic rings. The number of benzene rings is 11. The van der Waals surface area contributed by atoms with Crippen molar-refractivity contribution in [3.05, 3.63) is 259 Å². The average molecular weight is 866 g/mol. The Labute approximate surface area is 393 Å². The first-order valence-electron chi connectivity index (χ1n) is 23.2.